The third-order valence-electron chi connectivity index (χ3n) is 2.15. The Morgan fingerprint density at radius 3 is 2.77 bits per heavy atom. The highest BCUT2D eigenvalue weighted by atomic mass is 35.5. The van der Waals surface area contributed by atoms with E-state index in [1.54, 1.807) is 16.8 Å². The molecule has 4 heteroatoms. The van der Waals surface area contributed by atoms with Crippen LogP contribution in [-0.4, -0.2) is 9.78 Å². The summed E-state index contributed by atoms with van der Waals surface area (Å²) in [5.41, 5.74) is 8.37. The van der Waals surface area contributed by atoms with Gasteiger partial charge in [0, 0.05) is 18.1 Å². The van der Waals surface area contributed by atoms with Gasteiger partial charge in [0.2, 0.25) is 0 Å². The molecule has 0 amide bonds. The van der Waals surface area contributed by atoms with Crippen molar-refractivity contribution in [2.45, 2.75) is 6.92 Å². The minimum absolute atomic E-state index is 0.687. The van der Waals surface area contributed by atoms with Gasteiger partial charge in [-0.25, -0.2) is 0 Å². The summed E-state index contributed by atoms with van der Waals surface area (Å²) in [6, 6.07) is 3.60. The van der Waals surface area contributed by atoms with E-state index in [1.807, 2.05) is 14.0 Å². The van der Waals surface area contributed by atoms with Crippen molar-refractivity contribution in [3.63, 3.8) is 0 Å². The van der Waals surface area contributed by atoms with E-state index in [-0.39, 0.29) is 0 Å². The van der Waals surface area contributed by atoms with E-state index in [1.165, 1.54) is 0 Å². The van der Waals surface area contributed by atoms with Crippen LogP contribution in [0.15, 0.2) is 12.1 Å². The lowest BCUT2D eigenvalue weighted by Gasteiger charge is -1.99. The standard InChI is InChI=1S/C9H10ClN3/c1-5-8-7(11)4-3-6(10)9(8)13(2)12-5/h3-4H,11H2,1-2H3. The molecule has 0 atom stereocenters. The molecule has 68 valence electrons. The van der Waals surface area contributed by atoms with E-state index in [9.17, 15) is 0 Å². The number of anilines is 1. The predicted octanol–water partition coefficient (Wildman–Crippen LogP) is 2.12. The van der Waals surface area contributed by atoms with Crippen molar-refractivity contribution >= 4 is 28.2 Å². The van der Waals surface area contributed by atoms with Gasteiger partial charge in [-0.2, -0.15) is 5.10 Å². The van der Waals surface area contributed by atoms with Gasteiger partial charge in [0.25, 0.3) is 0 Å². The number of nitrogen functional groups attached to an aromatic ring is 1. The fourth-order valence-corrected chi connectivity index (χ4v) is 1.88. The van der Waals surface area contributed by atoms with Gasteiger partial charge in [-0.05, 0) is 19.1 Å². The van der Waals surface area contributed by atoms with Gasteiger partial charge in [-0.15, -0.1) is 0 Å². The van der Waals surface area contributed by atoms with Gasteiger partial charge in [0.1, 0.15) is 0 Å². The Balaban J connectivity index is 3.03. The van der Waals surface area contributed by atoms with Crippen molar-refractivity contribution in [2.24, 2.45) is 7.05 Å². The zero-order valence-electron chi connectivity index (χ0n) is 7.50. The molecular formula is C9H10ClN3. The number of halogens is 1. The summed E-state index contributed by atoms with van der Waals surface area (Å²) < 4.78 is 1.75. The molecule has 3 nitrogen and oxygen atoms in total. The maximum atomic E-state index is 6.03. The predicted molar refractivity (Wildman–Crippen MR) is 54.9 cm³/mol. The third-order valence-corrected chi connectivity index (χ3v) is 2.45. The molecule has 0 saturated heterocycles. The fourth-order valence-electron chi connectivity index (χ4n) is 1.60. The summed E-state index contributed by atoms with van der Waals surface area (Å²) in [7, 11) is 1.86. The number of nitrogens with two attached hydrogens (primary N) is 1. The molecule has 0 aliphatic rings. The van der Waals surface area contributed by atoms with Crippen LogP contribution in [0.3, 0.4) is 0 Å². The molecule has 0 spiro atoms. The Morgan fingerprint density at radius 1 is 1.46 bits per heavy atom. The molecule has 0 bridgehead atoms. The summed E-state index contributed by atoms with van der Waals surface area (Å²) in [6.07, 6.45) is 0. The van der Waals surface area contributed by atoms with E-state index in [0.717, 1.165) is 22.3 Å². The maximum Gasteiger partial charge on any atom is 0.0888 e. The van der Waals surface area contributed by atoms with Crippen molar-refractivity contribution in [3.05, 3.63) is 22.8 Å². The number of aromatic nitrogens is 2. The number of benzene rings is 1. The lowest BCUT2D eigenvalue weighted by molar-refractivity contribution is 0.783. The van der Waals surface area contributed by atoms with Crippen molar-refractivity contribution in [1.82, 2.24) is 9.78 Å². The van der Waals surface area contributed by atoms with Gasteiger partial charge in [-0.3, -0.25) is 4.68 Å². The van der Waals surface area contributed by atoms with E-state index in [2.05, 4.69) is 5.10 Å². The molecule has 0 saturated carbocycles. The van der Waals surface area contributed by atoms with Crippen molar-refractivity contribution < 1.29 is 0 Å². The summed E-state index contributed by atoms with van der Waals surface area (Å²) in [4.78, 5) is 0. The molecule has 0 fully saturated rings. The first-order chi connectivity index (χ1) is 6.11. The minimum Gasteiger partial charge on any atom is -0.398 e. The molecule has 2 aromatic rings. The van der Waals surface area contributed by atoms with Crippen molar-refractivity contribution in [1.29, 1.82) is 0 Å². The van der Waals surface area contributed by atoms with Gasteiger partial charge in [0.15, 0.2) is 0 Å². The van der Waals surface area contributed by atoms with Gasteiger partial charge >= 0.3 is 0 Å². The number of aryl methyl sites for hydroxylation is 2. The molecule has 1 aromatic heterocycles. The minimum atomic E-state index is 0.687. The molecule has 1 heterocycles. The molecule has 2 N–H and O–H groups in total. The first-order valence-corrected chi connectivity index (χ1v) is 4.36. The molecular weight excluding hydrogens is 186 g/mol. The number of fused-ring (bicyclic) bond motifs is 1. The first-order valence-electron chi connectivity index (χ1n) is 3.98. The highest BCUT2D eigenvalue weighted by Gasteiger charge is 2.10. The Kier molecular flexibility index (Phi) is 1.70. The topological polar surface area (TPSA) is 43.8 Å². The molecule has 0 radical (unpaired) electrons. The van der Waals surface area contributed by atoms with Crippen LogP contribution >= 0.6 is 11.6 Å². The SMILES string of the molecule is Cc1nn(C)c2c(Cl)ccc(N)c12. The Bertz CT molecular complexity index is 431. The molecule has 2 rings (SSSR count). The second kappa shape index (κ2) is 2.64. The Morgan fingerprint density at radius 2 is 2.15 bits per heavy atom. The number of hydrogen-bond donors (Lipinski definition) is 1. The molecule has 13 heavy (non-hydrogen) atoms. The van der Waals surface area contributed by atoms with Crippen LogP contribution < -0.4 is 5.73 Å². The fraction of sp³-hybridized carbons (Fsp3) is 0.222. The van der Waals surface area contributed by atoms with Gasteiger partial charge < -0.3 is 5.73 Å². The van der Waals surface area contributed by atoms with E-state index < -0.39 is 0 Å². The number of hydrogen-bond acceptors (Lipinski definition) is 2. The van der Waals surface area contributed by atoms with Gasteiger partial charge in [-0.1, -0.05) is 11.6 Å². The lowest BCUT2D eigenvalue weighted by atomic mass is 10.2. The first kappa shape index (κ1) is 8.38. The smallest absolute Gasteiger partial charge is 0.0888 e. The zero-order chi connectivity index (χ0) is 9.59. The Labute approximate surface area is 81.1 Å². The van der Waals surface area contributed by atoms with Crippen LogP contribution in [0.5, 0.6) is 0 Å². The second-order valence-electron chi connectivity index (χ2n) is 3.07. The van der Waals surface area contributed by atoms with E-state index >= 15 is 0 Å². The summed E-state index contributed by atoms with van der Waals surface area (Å²) in [5, 5.41) is 5.91. The van der Waals surface area contributed by atoms with E-state index in [4.69, 9.17) is 17.3 Å². The highest BCUT2D eigenvalue weighted by Crippen LogP contribution is 2.29. The third kappa shape index (κ3) is 1.08. The summed E-state index contributed by atoms with van der Waals surface area (Å²) >= 11 is 6.03. The molecule has 0 aliphatic carbocycles. The quantitative estimate of drug-likeness (QED) is 0.655. The van der Waals surface area contributed by atoms with Crippen LogP contribution in [0.1, 0.15) is 5.69 Å². The largest absolute Gasteiger partial charge is 0.398 e. The van der Waals surface area contributed by atoms with Crippen molar-refractivity contribution in [2.75, 3.05) is 5.73 Å². The Hall–Kier alpha value is -1.22. The molecule has 0 unspecified atom stereocenters. The van der Waals surface area contributed by atoms with E-state index in [0.29, 0.717) is 5.02 Å². The monoisotopic (exact) mass is 195 g/mol. The maximum absolute atomic E-state index is 6.03. The van der Waals surface area contributed by atoms with Crippen LogP contribution in [-0.2, 0) is 7.05 Å². The van der Waals surface area contributed by atoms with Gasteiger partial charge in [0.05, 0.1) is 16.2 Å². The average molecular weight is 196 g/mol. The lowest BCUT2D eigenvalue weighted by Crippen LogP contribution is -1.91. The molecule has 0 aliphatic heterocycles. The summed E-state index contributed by atoms with van der Waals surface area (Å²) in [5.74, 6) is 0. The van der Waals surface area contributed by atoms with Crippen LogP contribution in [0.4, 0.5) is 5.69 Å². The van der Waals surface area contributed by atoms with Crippen LogP contribution in [0, 0.1) is 6.92 Å². The number of rotatable bonds is 0. The highest BCUT2D eigenvalue weighted by molar-refractivity contribution is 6.35. The van der Waals surface area contributed by atoms with Crippen molar-refractivity contribution in [3.8, 4) is 0 Å². The normalized spacial score (nSPS) is 11.0. The van der Waals surface area contributed by atoms with Crippen LogP contribution in [0.2, 0.25) is 5.02 Å². The summed E-state index contributed by atoms with van der Waals surface area (Å²) in [6.45, 7) is 1.93. The second-order valence-corrected chi connectivity index (χ2v) is 3.48. The average Bonchev–Trinajstić information content (AvgIpc) is 2.36. The molecule has 1 aromatic carbocycles. The number of nitrogens with zero attached hydrogens (tertiary/aromatic N) is 2. The zero-order valence-corrected chi connectivity index (χ0v) is 8.26. The van der Waals surface area contributed by atoms with Crippen LogP contribution in [0.25, 0.3) is 10.9 Å².